The van der Waals surface area contributed by atoms with Crippen LogP contribution in [-0.2, 0) is 6.54 Å². The largest absolute Gasteiger partial charge is 0.395 e. The summed E-state index contributed by atoms with van der Waals surface area (Å²) in [5, 5.41) is 13.2. The molecule has 0 bridgehead atoms. The second-order valence-corrected chi connectivity index (χ2v) is 5.26. The van der Waals surface area contributed by atoms with Gasteiger partial charge in [-0.2, -0.15) is 0 Å². The van der Waals surface area contributed by atoms with E-state index < -0.39 is 11.6 Å². The van der Waals surface area contributed by atoms with Crippen LogP contribution in [0, 0.1) is 11.6 Å². The predicted octanol–water partition coefficient (Wildman–Crippen LogP) is 2.58. The summed E-state index contributed by atoms with van der Waals surface area (Å²) in [6.07, 6.45) is 2.02. The Kier molecular flexibility index (Phi) is 3.98. The van der Waals surface area contributed by atoms with E-state index in [1.54, 1.807) is 6.07 Å². The van der Waals surface area contributed by atoms with E-state index in [9.17, 15) is 13.9 Å². The van der Waals surface area contributed by atoms with Gasteiger partial charge in [-0.05, 0) is 37.6 Å². The van der Waals surface area contributed by atoms with E-state index in [4.69, 9.17) is 4.52 Å². The molecule has 0 radical (unpaired) electrons. The van der Waals surface area contributed by atoms with Gasteiger partial charge in [0.05, 0.1) is 13.2 Å². The Balaban J connectivity index is 1.75. The van der Waals surface area contributed by atoms with E-state index in [0.717, 1.165) is 31.5 Å². The maximum absolute atomic E-state index is 13.2. The molecular weight excluding hydrogens is 278 g/mol. The highest BCUT2D eigenvalue weighted by Gasteiger charge is 2.25. The van der Waals surface area contributed by atoms with Crippen molar-refractivity contribution in [1.29, 1.82) is 0 Å². The van der Waals surface area contributed by atoms with Crippen molar-refractivity contribution in [3.63, 3.8) is 0 Å². The summed E-state index contributed by atoms with van der Waals surface area (Å²) in [5.41, 5.74) is 0.952. The van der Waals surface area contributed by atoms with E-state index in [1.165, 1.54) is 6.07 Å². The third-order valence-corrected chi connectivity index (χ3v) is 3.84. The molecule has 6 heteroatoms. The van der Waals surface area contributed by atoms with Crippen molar-refractivity contribution in [3.8, 4) is 11.3 Å². The minimum atomic E-state index is -0.906. The smallest absolute Gasteiger partial charge is 0.159 e. The van der Waals surface area contributed by atoms with Crippen LogP contribution in [0.25, 0.3) is 11.3 Å². The summed E-state index contributed by atoms with van der Waals surface area (Å²) < 4.78 is 31.4. The normalized spacial score (nSPS) is 19.3. The van der Waals surface area contributed by atoms with Crippen LogP contribution in [0.4, 0.5) is 8.78 Å². The summed E-state index contributed by atoms with van der Waals surface area (Å²) in [6.45, 7) is 1.60. The molecule has 21 heavy (non-hydrogen) atoms. The maximum Gasteiger partial charge on any atom is 0.159 e. The molecule has 1 aliphatic heterocycles. The van der Waals surface area contributed by atoms with E-state index in [-0.39, 0.29) is 12.6 Å². The predicted molar refractivity (Wildman–Crippen MR) is 72.4 cm³/mol. The third-order valence-electron chi connectivity index (χ3n) is 3.84. The molecule has 4 nitrogen and oxygen atoms in total. The Hall–Kier alpha value is -1.79. The fraction of sp³-hybridized carbons (Fsp3) is 0.400. The number of rotatable bonds is 4. The van der Waals surface area contributed by atoms with E-state index in [2.05, 4.69) is 10.1 Å². The minimum absolute atomic E-state index is 0.129. The van der Waals surface area contributed by atoms with Gasteiger partial charge in [0.25, 0.3) is 0 Å². The van der Waals surface area contributed by atoms with Gasteiger partial charge in [-0.25, -0.2) is 8.78 Å². The summed E-state index contributed by atoms with van der Waals surface area (Å²) in [5.74, 6) is -1.14. The van der Waals surface area contributed by atoms with Crippen molar-refractivity contribution in [2.45, 2.75) is 25.4 Å². The van der Waals surface area contributed by atoms with Crippen LogP contribution in [0.1, 0.15) is 18.6 Å². The van der Waals surface area contributed by atoms with Crippen LogP contribution >= 0.6 is 0 Å². The topological polar surface area (TPSA) is 49.5 Å². The first-order valence-corrected chi connectivity index (χ1v) is 6.93. The van der Waals surface area contributed by atoms with Gasteiger partial charge in [0.1, 0.15) is 5.69 Å². The van der Waals surface area contributed by atoms with Gasteiger partial charge in [0, 0.05) is 17.7 Å². The van der Waals surface area contributed by atoms with Gasteiger partial charge >= 0.3 is 0 Å². The lowest BCUT2D eigenvalue weighted by Crippen LogP contribution is -2.31. The van der Waals surface area contributed by atoms with E-state index in [1.807, 2.05) is 0 Å². The molecule has 1 saturated heterocycles. The first-order chi connectivity index (χ1) is 10.2. The molecule has 0 amide bonds. The average molecular weight is 294 g/mol. The van der Waals surface area contributed by atoms with Gasteiger partial charge in [0.2, 0.25) is 0 Å². The average Bonchev–Trinajstić information content (AvgIpc) is 3.11. The van der Waals surface area contributed by atoms with Crippen molar-refractivity contribution >= 4 is 0 Å². The molecule has 1 aromatic carbocycles. The van der Waals surface area contributed by atoms with Crippen LogP contribution in [-0.4, -0.2) is 34.4 Å². The number of halogens is 2. The number of aliphatic hydroxyl groups excluding tert-OH is 1. The molecule has 2 aromatic rings. The zero-order valence-corrected chi connectivity index (χ0v) is 11.4. The molecule has 0 aliphatic carbocycles. The summed E-state index contributed by atoms with van der Waals surface area (Å²) in [7, 11) is 0. The fourth-order valence-electron chi connectivity index (χ4n) is 2.69. The Morgan fingerprint density at radius 2 is 2.14 bits per heavy atom. The number of benzene rings is 1. The van der Waals surface area contributed by atoms with Gasteiger partial charge < -0.3 is 9.63 Å². The molecule has 1 fully saturated rings. The van der Waals surface area contributed by atoms with E-state index >= 15 is 0 Å². The minimum Gasteiger partial charge on any atom is -0.395 e. The van der Waals surface area contributed by atoms with E-state index in [0.29, 0.717) is 23.6 Å². The highest BCUT2D eigenvalue weighted by Crippen LogP contribution is 2.24. The van der Waals surface area contributed by atoms with Gasteiger partial charge in [-0.3, -0.25) is 4.90 Å². The molecular formula is C15H16F2N2O2. The highest BCUT2D eigenvalue weighted by atomic mass is 19.2. The maximum atomic E-state index is 13.2. The Labute approximate surface area is 121 Å². The standard InChI is InChI=1S/C15H16F2N2O2/c16-13-4-3-10(6-14(13)17)15-7-12(21-18-15)8-19-5-1-2-11(19)9-20/h3-4,6-7,11,20H,1-2,5,8-9H2/t11-/m0/s1. The molecule has 0 unspecified atom stereocenters. The zero-order valence-electron chi connectivity index (χ0n) is 11.4. The van der Waals surface area contributed by atoms with Gasteiger partial charge in [0.15, 0.2) is 17.4 Å². The number of hydrogen-bond acceptors (Lipinski definition) is 4. The van der Waals surface area contributed by atoms with Gasteiger partial charge in [-0.1, -0.05) is 5.16 Å². The molecule has 1 N–H and O–H groups in total. The molecule has 112 valence electrons. The molecule has 0 spiro atoms. The second kappa shape index (κ2) is 5.91. The Morgan fingerprint density at radius 3 is 2.90 bits per heavy atom. The van der Waals surface area contributed by atoms with Crippen molar-refractivity contribution in [1.82, 2.24) is 10.1 Å². The quantitative estimate of drug-likeness (QED) is 0.941. The number of aromatic nitrogens is 1. The Morgan fingerprint density at radius 1 is 1.29 bits per heavy atom. The lowest BCUT2D eigenvalue weighted by atomic mass is 10.1. The highest BCUT2D eigenvalue weighted by molar-refractivity contribution is 5.58. The van der Waals surface area contributed by atoms with Crippen molar-refractivity contribution < 1.29 is 18.4 Å². The monoisotopic (exact) mass is 294 g/mol. The Bertz CT molecular complexity index is 630. The molecule has 2 heterocycles. The molecule has 1 aromatic heterocycles. The van der Waals surface area contributed by atoms with Crippen LogP contribution in [0.5, 0.6) is 0 Å². The van der Waals surface area contributed by atoms with Gasteiger partial charge in [-0.15, -0.1) is 0 Å². The first-order valence-electron chi connectivity index (χ1n) is 6.93. The molecule has 1 aliphatic rings. The number of hydrogen-bond donors (Lipinski definition) is 1. The molecule has 3 rings (SSSR count). The van der Waals surface area contributed by atoms with Crippen molar-refractivity contribution in [3.05, 3.63) is 41.7 Å². The number of nitrogens with zero attached hydrogens (tertiary/aromatic N) is 2. The van der Waals surface area contributed by atoms with Crippen LogP contribution in [0.3, 0.4) is 0 Å². The molecule has 1 atom stereocenters. The first kappa shape index (κ1) is 14.2. The van der Waals surface area contributed by atoms with Crippen LogP contribution in [0.15, 0.2) is 28.8 Å². The van der Waals surface area contributed by atoms with Crippen LogP contribution in [0.2, 0.25) is 0 Å². The zero-order chi connectivity index (χ0) is 14.8. The summed E-state index contributed by atoms with van der Waals surface area (Å²) in [4.78, 5) is 2.13. The van der Waals surface area contributed by atoms with Crippen molar-refractivity contribution in [2.24, 2.45) is 0 Å². The van der Waals surface area contributed by atoms with Crippen LogP contribution < -0.4 is 0 Å². The summed E-state index contributed by atoms with van der Waals surface area (Å²) in [6, 6.07) is 5.51. The number of aliphatic hydroxyl groups is 1. The summed E-state index contributed by atoms with van der Waals surface area (Å²) >= 11 is 0. The lowest BCUT2D eigenvalue weighted by molar-refractivity contribution is 0.143. The SMILES string of the molecule is OC[C@@H]1CCCN1Cc1cc(-c2ccc(F)c(F)c2)no1. The van der Waals surface area contributed by atoms with Crippen molar-refractivity contribution in [2.75, 3.05) is 13.2 Å². The second-order valence-electron chi connectivity index (χ2n) is 5.26. The lowest BCUT2D eigenvalue weighted by Gasteiger charge is -2.20. The fourth-order valence-corrected chi connectivity index (χ4v) is 2.69. The number of likely N-dealkylation sites (tertiary alicyclic amines) is 1. The molecule has 0 saturated carbocycles. The third kappa shape index (κ3) is 2.96.